The molecular formula is C22H14N8O4. The number of aromatic hydroxyl groups is 3. The maximum Gasteiger partial charge on any atom is 0.259 e. The number of aliphatic imine (C=N–C) groups is 1. The van der Waals surface area contributed by atoms with Crippen LogP contribution in [0.3, 0.4) is 0 Å². The Balaban J connectivity index is 1.78. The average Bonchev–Trinajstić information content (AvgIpc) is 3.59. The van der Waals surface area contributed by atoms with E-state index >= 15 is 0 Å². The first-order chi connectivity index (χ1) is 16.5. The fourth-order valence-corrected chi connectivity index (χ4v) is 3.63. The summed E-state index contributed by atoms with van der Waals surface area (Å²) in [5, 5.41) is 50.0. The average molecular weight is 454 g/mol. The van der Waals surface area contributed by atoms with Crippen molar-refractivity contribution in [1.29, 1.82) is 0 Å². The fraction of sp³-hybridized carbons (Fsp3) is 0. The topological polar surface area (TPSA) is 178 Å². The molecule has 2 aliphatic heterocycles. The van der Waals surface area contributed by atoms with E-state index in [2.05, 4.69) is 35.1 Å². The van der Waals surface area contributed by atoms with Crippen LogP contribution in [0, 0.1) is 0 Å². The highest BCUT2D eigenvalue weighted by atomic mass is 16.3. The lowest BCUT2D eigenvalue weighted by Gasteiger charge is -2.02. The summed E-state index contributed by atoms with van der Waals surface area (Å²) in [6, 6.07) is 12.4. The number of fused-ring (bicyclic) bond motifs is 8. The number of nitrogens with zero attached hydrogens (tertiary/aromatic N) is 7. The third-order valence-corrected chi connectivity index (χ3v) is 5.20. The highest BCUT2D eigenvalue weighted by molar-refractivity contribution is 6.00. The van der Waals surface area contributed by atoms with Gasteiger partial charge in [-0.05, 0) is 30.4 Å². The molecule has 12 nitrogen and oxygen atoms in total. The SMILES string of the molecule is OC1=Nc2nc1c(O)c1[nH]c(cc3nc(cc4nnc(n2)n4-c2ccccc2)C=C3)c(O)c1O. The molecule has 1 aromatic carbocycles. The molecule has 12 heteroatoms. The van der Waals surface area contributed by atoms with Gasteiger partial charge in [-0.3, -0.25) is 4.57 Å². The summed E-state index contributed by atoms with van der Waals surface area (Å²) in [7, 11) is 0. The van der Waals surface area contributed by atoms with Gasteiger partial charge in [0.1, 0.15) is 5.52 Å². The summed E-state index contributed by atoms with van der Waals surface area (Å²) in [6.45, 7) is 0. The molecule has 0 saturated heterocycles. The van der Waals surface area contributed by atoms with Gasteiger partial charge in [-0.15, -0.1) is 10.2 Å². The van der Waals surface area contributed by atoms with Gasteiger partial charge >= 0.3 is 0 Å². The number of aromatic amines is 1. The number of benzene rings is 1. The van der Waals surface area contributed by atoms with Crippen LogP contribution in [0.4, 0.5) is 5.95 Å². The summed E-state index contributed by atoms with van der Waals surface area (Å²) in [4.78, 5) is 19.4. The molecule has 4 aromatic rings. The van der Waals surface area contributed by atoms with Gasteiger partial charge in [0.15, 0.2) is 28.6 Å². The lowest BCUT2D eigenvalue weighted by atomic mass is 10.3. The molecule has 0 atom stereocenters. The molecule has 0 radical (unpaired) electrons. The second kappa shape index (κ2) is 7.13. The standard InChI is InChI=1S/C22H14N8O4/c31-17-13-8-10-6-7-11(23-10)9-14-28-29-22(30(14)12-4-2-1-3-5-12)27-21-25-16(20(34)26-21)18(32)15(24-13)19(17)33/h1-9,24,31-33H,(H,25,26,27,29,34). The summed E-state index contributed by atoms with van der Waals surface area (Å²) in [6.07, 6.45) is 3.46. The number of hydrogen-bond acceptors (Lipinski definition) is 9. The van der Waals surface area contributed by atoms with Crippen molar-refractivity contribution in [3.63, 3.8) is 0 Å². The predicted molar refractivity (Wildman–Crippen MR) is 122 cm³/mol. The molecule has 5 N–H and O–H groups in total. The lowest BCUT2D eigenvalue weighted by Crippen LogP contribution is -1.95. The third-order valence-electron chi connectivity index (χ3n) is 5.20. The first kappa shape index (κ1) is 19.4. The van der Waals surface area contributed by atoms with Gasteiger partial charge in [0.2, 0.25) is 5.90 Å². The van der Waals surface area contributed by atoms with Gasteiger partial charge in [0.05, 0.1) is 22.6 Å². The van der Waals surface area contributed by atoms with E-state index in [1.54, 1.807) is 22.8 Å². The molecule has 0 aliphatic carbocycles. The minimum Gasteiger partial charge on any atom is -0.504 e. The number of aliphatic hydroxyl groups excluding tert-OH is 1. The van der Waals surface area contributed by atoms with Gasteiger partial charge in [-0.2, -0.15) is 9.98 Å². The molecular weight excluding hydrogens is 440 g/mol. The van der Waals surface area contributed by atoms with Gasteiger partial charge in [-0.1, -0.05) is 18.2 Å². The smallest absolute Gasteiger partial charge is 0.259 e. The number of H-pyrrole nitrogens is 1. The molecule has 0 spiro atoms. The van der Waals surface area contributed by atoms with E-state index in [4.69, 9.17) is 0 Å². The molecule has 8 bridgehead atoms. The third kappa shape index (κ3) is 3.01. The molecule has 2 aliphatic rings. The zero-order valence-electron chi connectivity index (χ0n) is 17.1. The Bertz CT molecular complexity index is 1700. The van der Waals surface area contributed by atoms with Crippen LogP contribution in [0.2, 0.25) is 0 Å². The van der Waals surface area contributed by atoms with E-state index < -0.39 is 23.1 Å². The number of rotatable bonds is 1. The normalized spacial score (nSPS) is 12.6. The summed E-state index contributed by atoms with van der Waals surface area (Å²) in [5.41, 5.74) is 1.66. The first-order valence-electron chi connectivity index (χ1n) is 9.98. The summed E-state index contributed by atoms with van der Waals surface area (Å²) >= 11 is 0. The molecule has 0 fully saturated rings. The number of nitrogens with one attached hydrogen (secondary N) is 1. The van der Waals surface area contributed by atoms with Gasteiger partial charge < -0.3 is 25.4 Å². The van der Waals surface area contributed by atoms with E-state index in [1.165, 1.54) is 6.07 Å². The van der Waals surface area contributed by atoms with Crippen LogP contribution in [0.25, 0.3) is 40.3 Å². The van der Waals surface area contributed by atoms with Crippen molar-refractivity contribution < 1.29 is 20.4 Å². The Kier molecular flexibility index (Phi) is 4.07. The van der Waals surface area contributed by atoms with Crippen LogP contribution in [0.15, 0.2) is 47.5 Å². The zero-order valence-corrected chi connectivity index (χ0v) is 17.1. The van der Waals surface area contributed by atoms with E-state index in [-0.39, 0.29) is 28.5 Å². The molecule has 166 valence electrons. The van der Waals surface area contributed by atoms with Crippen LogP contribution in [0.1, 0.15) is 17.1 Å². The van der Waals surface area contributed by atoms with E-state index in [0.29, 0.717) is 17.0 Å². The number of para-hydroxylation sites is 1. The largest absolute Gasteiger partial charge is 0.504 e. The second-order valence-corrected chi connectivity index (χ2v) is 7.38. The van der Waals surface area contributed by atoms with Crippen molar-refractivity contribution in [3.8, 4) is 22.9 Å². The molecule has 3 aromatic heterocycles. The highest BCUT2D eigenvalue weighted by Gasteiger charge is 2.22. The van der Waals surface area contributed by atoms with E-state index in [9.17, 15) is 20.4 Å². The summed E-state index contributed by atoms with van der Waals surface area (Å²) < 4.78 is 1.66. The number of aliphatic hydroxyl groups is 1. The van der Waals surface area contributed by atoms with Crippen molar-refractivity contribution in [2.75, 3.05) is 0 Å². The fourth-order valence-electron chi connectivity index (χ4n) is 3.63. The maximum atomic E-state index is 10.7. The molecule has 0 unspecified atom stereocenters. The Labute approximate surface area is 189 Å². The molecule has 0 saturated carbocycles. The van der Waals surface area contributed by atoms with Crippen LogP contribution in [0.5, 0.6) is 17.2 Å². The zero-order chi connectivity index (χ0) is 23.4. The van der Waals surface area contributed by atoms with Gasteiger partial charge in [-0.25, -0.2) is 9.97 Å². The monoisotopic (exact) mass is 454 g/mol. The second-order valence-electron chi connectivity index (χ2n) is 7.38. The van der Waals surface area contributed by atoms with Crippen molar-refractivity contribution in [2.45, 2.75) is 0 Å². The van der Waals surface area contributed by atoms with Crippen molar-refractivity contribution in [3.05, 3.63) is 59.5 Å². The Morgan fingerprint density at radius 3 is 2.32 bits per heavy atom. The van der Waals surface area contributed by atoms with Gasteiger partial charge in [0, 0.05) is 6.07 Å². The Hall–Kier alpha value is -5.26. The Morgan fingerprint density at radius 1 is 0.765 bits per heavy atom. The van der Waals surface area contributed by atoms with Gasteiger partial charge in [0.25, 0.3) is 11.7 Å². The number of hydrogen-bond donors (Lipinski definition) is 5. The molecule has 0 amide bonds. The van der Waals surface area contributed by atoms with Crippen LogP contribution >= 0.6 is 0 Å². The maximum absolute atomic E-state index is 10.7. The van der Waals surface area contributed by atoms with E-state index in [1.807, 2.05) is 30.3 Å². The van der Waals surface area contributed by atoms with Crippen LogP contribution in [-0.4, -0.2) is 61.0 Å². The minimum atomic E-state index is -0.638. The van der Waals surface area contributed by atoms with Crippen molar-refractivity contribution in [2.24, 2.45) is 4.99 Å². The minimum absolute atomic E-state index is 0.0921. The lowest BCUT2D eigenvalue weighted by molar-refractivity contribution is 0.411. The molecule has 5 heterocycles. The Morgan fingerprint density at radius 2 is 1.53 bits per heavy atom. The summed E-state index contributed by atoms with van der Waals surface area (Å²) in [5.74, 6) is -2.46. The quantitative estimate of drug-likeness (QED) is 0.255. The van der Waals surface area contributed by atoms with E-state index in [0.717, 1.165) is 5.69 Å². The first-order valence-corrected chi connectivity index (χ1v) is 9.98. The van der Waals surface area contributed by atoms with Crippen LogP contribution in [-0.2, 0) is 0 Å². The molecule has 6 rings (SSSR count). The predicted octanol–water partition coefficient (Wildman–Crippen LogP) is 2.89. The van der Waals surface area contributed by atoms with Crippen molar-refractivity contribution >= 4 is 46.5 Å². The molecule has 34 heavy (non-hydrogen) atoms. The highest BCUT2D eigenvalue weighted by Crippen LogP contribution is 2.39. The van der Waals surface area contributed by atoms with Crippen LogP contribution < -0.4 is 0 Å². The van der Waals surface area contributed by atoms with Crippen molar-refractivity contribution in [1.82, 2.24) is 34.7 Å². The number of aromatic nitrogens is 7.